The average molecular weight is 180 g/mol. The highest BCUT2D eigenvalue weighted by Crippen LogP contribution is 2.33. The standard InChI is InChI=1S/C6H12S3/c1-7-4-6-2-3-8-9-5-6/h6H,2-5H2,1H3. The molecule has 1 rings (SSSR count). The van der Waals surface area contributed by atoms with Crippen molar-refractivity contribution in [2.45, 2.75) is 6.42 Å². The molecule has 0 aromatic carbocycles. The second-order valence-corrected chi connectivity index (χ2v) is 5.75. The van der Waals surface area contributed by atoms with E-state index in [1.807, 2.05) is 33.3 Å². The summed E-state index contributed by atoms with van der Waals surface area (Å²) in [5.41, 5.74) is 0. The minimum atomic E-state index is 1.01. The lowest BCUT2D eigenvalue weighted by Gasteiger charge is -2.18. The van der Waals surface area contributed by atoms with Crippen LogP contribution >= 0.6 is 33.3 Å². The molecule has 1 aliphatic heterocycles. The molecule has 0 nitrogen and oxygen atoms in total. The molecule has 0 bridgehead atoms. The summed E-state index contributed by atoms with van der Waals surface area (Å²) in [7, 11) is 4.08. The van der Waals surface area contributed by atoms with Gasteiger partial charge in [0.25, 0.3) is 0 Å². The van der Waals surface area contributed by atoms with Crippen LogP contribution in [0.1, 0.15) is 6.42 Å². The van der Waals surface area contributed by atoms with E-state index in [0.29, 0.717) is 0 Å². The predicted octanol–water partition coefficient (Wildman–Crippen LogP) is 2.75. The zero-order chi connectivity index (χ0) is 6.53. The highest BCUT2D eigenvalue weighted by molar-refractivity contribution is 8.76. The Hall–Kier alpha value is 1.05. The maximum atomic E-state index is 2.20. The van der Waals surface area contributed by atoms with Gasteiger partial charge in [0.05, 0.1) is 0 Å². The van der Waals surface area contributed by atoms with Crippen LogP contribution in [-0.2, 0) is 0 Å². The molecular formula is C6H12S3. The molecule has 0 aromatic rings. The summed E-state index contributed by atoms with van der Waals surface area (Å²) in [6.07, 6.45) is 3.64. The van der Waals surface area contributed by atoms with Gasteiger partial charge < -0.3 is 0 Å². The van der Waals surface area contributed by atoms with Crippen molar-refractivity contribution in [1.82, 2.24) is 0 Å². The minimum Gasteiger partial charge on any atom is -0.165 e. The van der Waals surface area contributed by atoms with Crippen molar-refractivity contribution in [3.05, 3.63) is 0 Å². The first-order chi connectivity index (χ1) is 4.43. The van der Waals surface area contributed by atoms with Crippen LogP contribution in [0, 0.1) is 5.92 Å². The third kappa shape index (κ3) is 3.10. The Morgan fingerprint density at radius 3 is 3.00 bits per heavy atom. The summed E-state index contributed by atoms with van der Waals surface area (Å²) in [6, 6.07) is 0. The molecule has 9 heavy (non-hydrogen) atoms. The van der Waals surface area contributed by atoms with Gasteiger partial charge in [-0.25, -0.2) is 0 Å². The molecule has 1 fully saturated rings. The molecule has 0 saturated carbocycles. The van der Waals surface area contributed by atoms with Gasteiger partial charge in [0.15, 0.2) is 0 Å². The molecular weight excluding hydrogens is 168 g/mol. The molecule has 1 aliphatic rings. The number of rotatable bonds is 2. The fraction of sp³-hybridized carbons (Fsp3) is 1.00. The monoisotopic (exact) mass is 180 g/mol. The normalized spacial score (nSPS) is 28.3. The van der Waals surface area contributed by atoms with Crippen LogP contribution in [0.15, 0.2) is 0 Å². The van der Waals surface area contributed by atoms with Gasteiger partial charge in [-0.2, -0.15) is 11.8 Å². The molecule has 0 radical (unpaired) electrons. The summed E-state index contributed by atoms with van der Waals surface area (Å²) in [5, 5.41) is 0. The first-order valence-electron chi connectivity index (χ1n) is 3.17. The molecule has 0 aliphatic carbocycles. The summed E-state index contributed by atoms with van der Waals surface area (Å²) < 4.78 is 0. The van der Waals surface area contributed by atoms with Gasteiger partial charge in [0, 0.05) is 11.5 Å². The summed E-state index contributed by atoms with van der Waals surface area (Å²) in [6.45, 7) is 0. The molecule has 1 atom stereocenters. The van der Waals surface area contributed by atoms with E-state index in [1.54, 1.807) is 0 Å². The number of hydrogen-bond donors (Lipinski definition) is 0. The Balaban J connectivity index is 2.08. The van der Waals surface area contributed by atoms with Gasteiger partial charge in [-0.15, -0.1) is 0 Å². The van der Waals surface area contributed by atoms with Gasteiger partial charge >= 0.3 is 0 Å². The van der Waals surface area contributed by atoms with Gasteiger partial charge in [0.2, 0.25) is 0 Å². The van der Waals surface area contributed by atoms with Crippen molar-refractivity contribution in [3.8, 4) is 0 Å². The highest BCUT2D eigenvalue weighted by atomic mass is 33.1. The molecule has 54 valence electrons. The van der Waals surface area contributed by atoms with Crippen LogP contribution in [0.25, 0.3) is 0 Å². The molecule has 3 heteroatoms. The smallest absolute Gasteiger partial charge is 0.00734 e. The van der Waals surface area contributed by atoms with E-state index in [9.17, 15) is 0 Å². The average Bonchev–Trinajstić information content (AvgIpc) is 1.91. The van der Waals surface area contributed by atoms with Crippen molar-refractivity contribution in [2.75, 3.05) is 23.5 Å². The molecule has 0 spiro atoms. The van der Waals surface area contributed by atoms with Crippen molar-refractivity contribution in [3.63, 3.8) is 0 Å². The zero-order valence-electron chi connectivity index (χ0n) is 5.63. The largest absolute Gasteiger partial charge is 0.165 e. The third-order valence-electron chi connectivity index (χ3n) is 1.40. The zero-order valence-corrected chi connectivity index (χ0v) is 8.08. The van der Waals surface area contributed by atoms with Crippen LogP contribution < -0.4 is 0 Å². The van der Waals surface area contributed by atoms with Crippen LogP contribution in [0.4, 0.5) is 0 Å². The molecule has 0 aromatic heterocycles. The Morgan fingerprint density at radius 2 is 2.44 bits per heavy atom. The van der Waals surface area contributed by atoms with Crippen molar-refractivity contribution in [1.29, 1.82) is 0 Å². The van der Waals surface area contributed by atoms with E-state index in [1.165, 1.54) is 23.7 Å². The molecule has 1 unspecified atom stereocenters. The van der Waals surface area contributed by atoms with E-state index >= 15 is 0 Å². The van der Waals surface area contributed by atoms with Gasteiger partial charge in [-0.1, -0.05) is 21.6 Å². The lowest BCUT2D eigenvalue weighted by Crippen LogP contribution is -2.10. The van der Waals surface area contributed by atoms with Gasteiger partial charge in [-0.05, 0) is 24.3 Å². The van der Waals surface area contributed by atoms with Crippen LogP contribution in [0.3, 0.4) is 0 Å². The van der Waals surface area contributed by atoms with Crippen molar-refractivity contribution in [2.24, 2.45) is 5.92 Å². The summed E-state index contributed by atoms with van der Waals surface area (Å²) in [5.74, 6) is 5.13. The lowest BCUT2D eigenvalue weighted by molar-refractivity contribution is 0.653. The summed E-state index contributed by atoms with van der Waals surface area (Å²) in [4.78, 5) is 0. The first-order valence-corrected chi connectivity index (χ1v) is 7.05. The highest BCUT2D eigenvalue weighted by Gasteiger charge is 2.12. The van der Waals surface area contributed by atoms with Crippen LogP contribution in [0.5, 0.6) is 0 Å². The minimum absolute atomic E-state index is 1.01. The van der Waals surface area contributed by atoms with Gasteiger partial charge in [0.1, 0.15) is 0 Å². The van der Waals surface area contributed by atoms with Crippen molar-refractivity contribution >= 4 is 33.3 Å². The van der Waals surface area contributed by atoms with Crippen LogP contribution in [0.2, 0.25) is 0 Å². The predicted molar refractivity (Wildman–Crippen MR) is 51.4 cm³/mol. The number of hydrogen-bond acceptors (Lipinski definition) is 3. The fourth-order valence-electron chi connectivity index (χ4n) is 0.869. The van der Waals surface area contributed by atoms with Crippen LogP contribution in [-0.4, -0.2) is 23.5 Å². The lowest BCUT2D eigenvalue weighted by atomic mass is 10.1. The van der Waals surface area contributed by atoms with E-state index in [4.69, 9.17) is 0 Å². The topological polar surface area (TPSA) is 0 Å². The molecule has 1 saturated heterocycles. The van der Waals surface area contributed by atoms with E-state index < -0.39 is 0 Å². The second-order valence-electron chi connectivity index (χ2n) is 2.22. The van der Waals surface area contributed by atoms with Gasteiger partial charge in [-0.3, -0.25) is 0 Å². The molecule has 0 amide bonds. The quantitative estimate of drug-likeness (QED) is 0.600. The third-order valence-corrected chi connectivity index (χ3v) is 4.79. The first kappa shape index (κ1) is 8.15. The summed E-state index contributed by atoms with van der Waals surface area (Å²) >= 11 is 1.99. The van der Waals surface area contributed by atoms with E-state index in [0.717, 1.165) is 5.92 Å². The fourth-order valence-corrected chi connectivity index (χ4v) is 4.40. The maximum Gasteiger partial charge on any atom is 0.00734 e. The number of thioether (sulfide) groups is 1. The molecule has 1 heterocycles. The van der Waals surface area contributed by atoms with E-state index in [2.05, 4.69) is 6.26 Å². The Kier molecular flexibility index (Phi) is 4.35. The van der Waals surface area contributed by atoms with Crippen molar-refractivity contribution < 1.29 is 0 Å². The Morgan fingerprint density at radius 1 is 1.56 bits per heavy atom. The second kappa shape index (κ2) is 4.80. The Labute approximate surface area is 69.3 Å². The molecule has 0 N–H and O–H groups in total. The Bertz CT molecular complexity index is 65.9. The van der Waals surface area contributed by atoms with E-state index in [-0.39, 0.29) is 0 Å². The SMILES string of the molecule is CSCC1CCSSC1. The maximum absolute atomic E-state index is 2.20.